The summed E-state index contributed by atoms with van der Waals surface area (Å²) in [6.07, 6.45) is 2.14. The molecule has 1 aromatic heterocycles. The Bertz CT molecular complexity index is 719. The van der Waals surface area contributed by atoms with Crippen LogP contribution in [0.1, 0.15) is 34.6 Å². The molecule has 5 nitrogen and oxygen atoms in total. The SMILES string of the molecule is COc1ccc(-n2c(C)cc(C(=O)N[C@H]3CCCNC3)c2C)cc1.Cl. The van der Waals surface area contributed by atoms with Crippen molar-refractivity contribution in [3.05, 3.63) is 47.3 Å². The van der Waals surface area contributed by atoms with Gasteiger partial charge in [0.2, 0.25) is 0 Å². The number of amides is 1. The van der Waals surface area contributed by atoms with E-state index in [0.717, 1.165) is 54.3 Å². The molecule has 1 aliphatic rings. The summed E-state index contributed by atoms with van der Waals surface area (Å²) in [7, 11) is 1.66. The quantitative estimate of drug-likeness (QED) is 0.878. The Morgan fingerprint density at radius 2 is 2.00 bits per heavy atom. The van der Waals surface area contributed by atoms with Crippen LogP contribution in [-0.2, 0) is 0 Å². The van der Waals surface area contributed by atoms with Gasteiger partial charge in [0.25, 0.3) is 5.91 Å². The first kappa shape index (κ1) is 19.3. The van der Waals surface area contributed by atoms with Crippen LogP contribution in [-0.4, -0.2) is 36.7 Å². The largest absolute Gasteiger partial charge is 0.497 e. The number of halogens is 1. The van der Waals surface area contributed by atoms with Crippen LogP contribution >= 0.6 is 12.4 Å². The van der Waals surface area contributed by atoms with E-state index in [1.54, 1.807) is 7.11 Å². The average Bonchev–Trinajstić information content (AvgIpc) is 2.90. The second-order valence-corrected chi connectivity index (χ2v) is 6.33. The molecule has 3 rings (SSSR count). The van der Waals surface area contributed by atoms with Crippen molar-refractivity contribution in [3.8, 4) is 11.4 Å². The number of aryl methyl sites for hydroxylation is 1. The fraction of sp³-hybridized carbons (Fsp3) is 0.421. The van der Waals surface area contributed by atoms with E-state index >= 15 is 0 Å². The van der Waals surface area contributed by atoms with Gasteiger partial charge in [-0.25, -0.2) is 0 Å². The lowest BCUT2D eigenvalue weighted by Gasteiger charge is -2.23. The molecule has 136 valence electrons. The Balaban J connectivity index is 0.00000225. The van der Waals surface area contributed by atoms with E-state index in [4.69, 9.17) is 4.74 Å². The molecule has 0 aliphatic carbocycles. The minimum atomic E-state index is 0. The molecule has 0 spiro atoms. The van der Waals surface area contributed by atoms with Crippen molar-refractivity contribution in [2.45, 2.75) is 32.7 Å². The van der Waals surface area contributed by atoms with Crippen molar-refractivity contribution in [1.29, 1.82) is 0 Å². The van der Waals surface area contributed by atoms with Crippen molar-refractivity contribution in [2.24, 2.45) is 0 Å². The van der Waals surface area contributed by atoms with E-state index < -0.39 is 0 Å². The van der Waals surface area contributed by atoms with E-state index in [9.17, 15) is 4.79 Å². The summed E-state index contributed by atoms with van der Waals surface area (Å²) >= 11 is 0. The van der Waals surface area contributed by atoms with E-state index in [1.807, 2.05) is 44.2 Å². The first-order chi connectivity index (χ1) is 11.6. The van der Waals surface area contributed by atoms with Crippen LogP contribution in [0.2, 0.25) is 0 Å². The molecule has 1 amide bonds. The Labute approximate surface area is 155 Å². The highest BCUT2D eigenvalue weighted by atomic mass is 35.5. The number of benzene rings is 1. The van der Waals surface area contributed by atoms with Crippen molar-refractivity contribution in [1.82, 2.24) is 15.2 Å². The Hall–Kier alpha value is -1.98. The van der Waals surface area contributed by atoms with Crippen LogP contribution in [0, 0.1) is 13.8 Å². The summed E-state index contributed by atoms with van der Waals surface area (Å²) < 4.78 is 7.32. The minimum Gasteiger partial charge on any atom is -0.497 e. The fourth-order valence-electron chi connectivity index (χ4n) is 3.36. The lowest BCUT2D eigenvalue weighted by atomic mass is 10.1. The normalized spacial score (nSPS) is 16.8. The van der Waals surface area contributed by atoms with Crippen LogP contribution in [0.25, 0.3) is 5.69 Å². The number of piperidine rings is 1. The number of hydrogen-bond acceptors (Lipinski definition) is 3. The molecule has 1 aromatic carbocycles. The van der Waals surface area contributed by atoms with Gasteiger partial charge in [0, 0.05) is 29.7 Å². The topological polar surface area (TPSA) is 55.3 Å². The zero-order chi connectivity index (χ0) is 17.1. The van der Waals surface area contributed by atoms with Crippen molar-refractivity contribution < 1.29 is 9.53 Å². The Morgan fingerprint density at radius 3 is 2.60 bits per heavy atom. The molecular weight excluding hydrogens is 338 g/mol. The summed E-state index contributed by atoms with van der Waals surface area (Å²) in [4.78, 5) is 12.7. The van der Waals surface area contributed by atoms with E-state index in [-0.39, 0.29) is 24.4 Å². The molecule has 0 saturated carbocycles. The molecule has 0 unspecified atom stereocenters. The Kier molecular flexibility index (Phi) is 6.51. The molecule has 1 saturated heterocycles. The number of carbonyl (C=O) groups excluding carboxylic acids is 1. The molecule has 6 heteroatoms. The van der Waals surface area contributed by atoms with Gasteiger partial charge in [-0.15, -0.1) is 12.4 Å². The summed E-state index contributed by atoms with van der Waals surface area (Å²) in [5, 5.41) is 6.48. The molecular formula is C19H26ClN3O2. The molecule has 2 N–H and O–H groups in total. The zero-order valence-electron chi connectivity index (χ0n) is 15.0. The smallest absolute Gasteiger partial charge is 0.253 e. The van der Waals surface area contributed by atoms with Crippen LogP contribution in [0.5, 0.6) is 5.75 Å². The number of rotatable bonds is 4. The standard InChI is InChI=1S/C19H25N3O2.ClH/c1-13-11-18(19(23)21-15-5-4-10-20-12-15)14(2)22(13)16-6-8-17(24-3)9-7-16;/h6-9,11,15,20H,4-5,10,12H2,1-3H3,(H,21,23);1H/t15-;/m0./s1. The van der Waals surface area contributed by atoms with Crippen molar-refractivity contribution in [2.75, 3.05) is 20.2 Å². The number of aromatic nitrogens is 1. The number of nitrogens with one attached hydrogen (secondary N) is 2. The van der Waals surface area contributed by atoms with Gasteiger partial charge in [-0.05, 0) is 63.6 Å². The predicted octanol–water partition coefficient (Wildman–Crippen LogP) is 3.01. The van der Waals surface area contributed by atoms with Crippen molar-refractivity contribution in [3.63, 3.8) is 0 Å². The highest BCUT2D eigenvalue weighted by Crippen LogP contribution is 2.23. The highest BCUT2D eigenvalue weighted by Gasteiger charge is 2.20. The number of nitrogens with zero attached hydrogens (tertiary/aromatic N) is 1. The average molecular weight is 364 g/mol. The molecule has 1 atom stereocenters. The maximum atomic E-state index is 12.7. The maximum absolute atomic E-state index is 12.7. The highest BCUT2D eigenvalue weighted by molar-refractivity contribution is 5.96. The summed E-state index contributed by atoms with van der Waals surface area (Å²) in [6, 6.07) is 10.1. The van der Waals surface area contributed by atoms with Gasteiger partial charge in [0.05, 0.1) is 12.7 Å². The van der Waals surface area contributed by atoms with Gasteiger partial charge in [0.1, 0.15) is 5.75 Å². The van der Waals surface area contributed by atoms with Gasteiger partial charge in [0.15, 0.2) is 0 Å². The zero-order valence-corrected chi connectivity index (χ0v) is 15.8. The second-order valence-electron chi connectivity index (χ2n) is 6.33. The molecule has 25 heavy (non-hydrogen) atoms. The predicted molar refractivity (Wildman–Crippen MR) is 102 cm³/mol. The van der Waals surface area contributed by atoms with Gasteiger partial charge in [-0.3, -0.25) is 4.79 Å². The summed E-state index contributed by atoms with van der Waals surface area (Å²) in [5.74, 6) is 0.834. The number of ether oxygens (including phenoxy) is 1. The van der Waals surface area contributed by atoms with Crippen LogP contribution in [0.4, 0.5) is 0 Å². The van der Waals surface area contributed by atoms with Crippen molar-refractivity contribution >= 4 is 18.3 Å². The molecule has 1 aliphatic heterocycles. The summed E-state index contributed by atoms with van der Waals surface area (Å²) in [5.41, 5.74) is 3.78. The lowest BCUT2D eigenvalue weighted by molar-refractivity contribution is 0.0930. The molecule has 2 heterocycles. The van der Waals surface area contributed by atoms with E-state index in [2.05, 4.69) is 15.2 Å². The first-order valence-corrected chi connectivity index (χ1v) is 8.45. The molecule has 0 radical (unpaired) electrons. The third kappa shape index (κ3) is 4.17. The first-order valence-electron chi connectivity index (χ1n) is 8.45. The van der Waals surface area contributed by atoms with Crippen LogP contribution in [0.3, 0.4) is 0 Å². The molecule has 2 aromatic rings. The van der Waals surface area contributed by atoms with Crippen LogP contribution < -0.4 is 15.4 Å². The molecule has 1 fully saturated rings. The van der Waals surface area contributed by atoms with Gasteiger partial charge < -0.3 is 19.9 Å². The lowest BCUT2D eigenvalue weighted by Crippen LogP contribution is -2.45. The third-order valence-corrected chi connectivity index (χ3v) is 4.64. The fourth-order valence-corrected chi connectivity index (χ4v) is 3.36. The van der Waals surface area contributed by atoms with Gasteiger partial charge in [-0.1, -0.05) is 0 Å². The Morgan fingerprint density at radius 1 is 1.28 bits per heavy atom. The maximum Gasteiger partial charge on any atom is 0.253 e. The number of hydrogen-bond donors (Lipinski definition) is 2. The van der Waals surface area contributed by atoms with Crippen LogP contribution in [0.15, 0.2) is 30.3 Å². The summed E-state index contributed by atoms with van der Waals surface area (Å²) in [6.45, 7) is 5.91. The van der Waals surface area contributed by atoms with Gasteiger partial charge >= 0.3 is 0 Å². The van der Waals surface area contributed by atoms with Gasteiger partial charge in [-0.2, -0.15) is 0 Å². The van der Waals surface area contributed by atoms with E-state index in [0.29, 0.717) is 0 Å². The molecule has 0 bridgehead atoms. The minimum absolute atomic E-state index is 0. The number of carbonyl (C=O) groups is 1. The number of methoxy groups -OCH3 is 1. The second kappa shape index (κ2) is 8.41. The third-order valence-electron chi connectivity index (χ3n) is 4.64. The van der Waals surface area contributed by atoms with E-state index in [1.165, 1.54) is 0 Å². The monoisotopic (exact) mass is 363 g/mol.